The molecule has 1 aromatic carbocycles. The number of hydrogen-bond acceptors (Lipinski definition) is 5. The molecule has 0 spiro atoms. The molecule has 1 aromatic rings. The van der Waals surface area contributed by atoms with Gasteiger partial charge in [-0.2, -0.15) is 0 Å². The highest BCUT2D eigenvalue weighted by atomic mass is 35.5. The summed E-state index contributed by atoms with van der Waals surface area (Å²) in [5.74, 6) is 3.05. The number of benzene rings is 1. The minimum atomic E-state index is -0.592. The number of phenolic OH excluding ortho intramolecular Hbond substituents is 3. The number of nitrogens with one attached hydrogen (secondary N) is 1. The fourth-order valence-electron chi connectivity index (χ4n) is 1.07. The Kier molecular flexibility index (Phi) is 5.87. The van der Waals surface area contributed by atoms with Crippen LogP contribution in [0.3, 0.4) is 0 Å². The predicted octanol–water partition coefficient (Wildman–Crippen LogP) is 0.618. The van der Waals surface area contributed by atoms with E-state index in [9.17, 15) is 15.0 Å². The third-order valence-electron chi connectivity index (χ3n) is 1.92. The normalized spacial score (nSPS) is 9.94. The summed E-state index contributed by atoms with van der Waals surface area (Å²) in [6.07, 6.45) is 2.95. The fraction of sp³-hybridized carbons (Fsp3) is 0.100. The molecule has 7 heteroatoms. The molecular weight excluding hydrogens is 248 g/mol. The van der Waals surface area contributed by atoms with Crippen LogP contribution < -0.4 is 11.3 Å². The van der Waals surface area contributed by atoms with Crippen LogP contribution in [0.5, 0.6) is 17.2 Å². The van der Waals surface area contributed by atoms with E-state index in [4.69, 9.17) is 10.9 Å². The predicted molar refractivity (Wildman–Crippen MR) is 64.7 cm³/mol. The first-order valence-corrected chi connectivity index (χ1v) is 4.46. The molecule has 0 radical (unpaired) electrons. The second kappa shape index (κ2) is 6.62. The molecule has 0 bridgehead atoms. The molecule has 6 nitrogen and oxygen atoms in total. The van der Waals surface area contributed by atoms with Crippen molar-refractivity contribution in [1.29, 1.82) is 0 Å². The summed E-state index contributed by atoms with van der Waals surface area (Å²) < 4.78 is 0. The molecule has 0 aromatic heterocycles. The third kappa shape index (κ3) is 3.86. The summed E-state index contributed by atoms with van der Waals surface area (Å²) >= 11 is 0. The maximum absolute atomic E-state index is 10.8. The number of aromatic hydroxyl groups is 3. The summed E-state index contributed by atoms with van der Waals surface area (Å²) in [5, 5.41) is 27.7. The number of halogens is 1. The van der Waals surface area contributed by atoms with E-state index in [1.54, 1.807) is 0 Å². The van der Waals surface area contributed by atoms with E-state index in [0.29, 0.717) is 5.56 Å². The van der Waals surface area contributed by atoms with Crippen LogP contribution in [-0.4, -0.2) is 21.2 Å². The van der Waals surface area contributed by atoms with Gasteiger partial charge in [0.1, 0.15) is 0 Å². The van der Waals surface area contributed by atoms with Crippen LogP contribution in [0.1, 0.15) is 12.0 Å². The third-order valence-corrected chi connectivity index (χ3v) is 1.92. The average molecular weight is 261 g/mol. The molecule has 0 saturated heterocycles. The molecule has 94 valence electrons. The Balaban J connectivity index is 0.00000256. The fourth-order valence-corrected chi connectivity index (χ4v) is 1.07. The van der Waals surface area contributed by atoms with Crippen LogP contribution in [0.25, 0.3) is 6.08 Å². The Morgan fingerprint density at radius 3 is 2.53 bits per heavy atom. The molecule has 1 amide bonds. The number of rotatable bonds is 3. The SMILES string of the molecule is Cl.NNC(=O)CC=Cc1ccc(O)c(O)c1O. The summed E-state index contributed by atoms with van der Waals surface area (Å²) in [4.78, 5) is 10.8. The van der Waals surface area contributed by atoms with Gasteiger partial charge in [-0.05, 0) is 12.1 Å². The Morgan fingerprint density at radius 1 is 1.29 bits per heavy atom. The zero-order valence-corrected chi connectivity index (χ0v) is 9.57. The lowest BCUT2D eigenvalue weighted by Gasteiger charge is -2.03. The number of nitrogens with two attached hydrogens (primary N) is 1. The van der Waals surface area contributed by atoms with Gasteiger partial charge in [0, 0.05) is 12.0 Å². The van der Waals surface area contributed by atoms with Gasteiger partial charge in [0.05, 0.1) is 0 Å². The Morgan fingerprint density at radius 2 is 1.94 bits per heavy atom. The van der Waals surface area contributed by atoms with Crippen LogP contribution in [0, 0.1) is 0 Å². The highest BCUT2D eigenvalue weighted by molar-refractivity contribution is 5.85. The largest absolute Gasteiger partial charge is 0.504 e. The second-order valence-electron chi connectivity index (χ2n) is 3.05. The van der Waals surface area contributed by atoms with Gasteiger partial charge in [0.25, 0.3) is 0 Å². The maximum atomic E-state index is 10.8. The molecule has 0 aliphatic carbocycles. The highest BCUT2D eigenvalue weighted by Gasteiger charge is 2.08. The first kappa shape index (κ1) is 15.1. The highest BCUT2D eigenvalue weighted by Crippen LogP contribution is 2.37. The number of amides is 1. The number of phenols is 3. The van der Waals surface area contributed by atoms with Gasteiger partial charge in [0.15, 0.2) is 11.5 Å². The lowest BCUT2D eigenvalue weighted by Crippen LogP contribution is -2.29. The van der Waals surface area contributed by atoms with Crippen molar-refractivity contribution in [2.45, 2.75) is 6.42 Å². The van der Waals surface area contributed by atoms with Crippen molar-refractivity contribution >= 4 is 24.4 Å². The molecule has 0 atom stereocenters. The van der Waals surface area contributed by atoms with E-state index >= 15 is 0 Å². The van der Waals surface area contributed by atoms with Gasteiger partial charge in [0.2, 0.25) is 11.7 Å². The minimum absolute atomic E-state index is 0. The van der Waals surface area contributed by atoms with Gasteiger partial charge >= 0.3 is 0 Å². The van der Waals surface area contributed by atoms with Gasteiger partial charge in [-0.25, -0.2) is 5.84 Å². The van der Waals surface area contributed by atoms with Crippen molar-refractivity contribution in [3.63, 3.8) is 0 Å². The van der Waals surface area contributed by atoms with Crippen molar-refractivity contribution in [2.24, 2.45) is 5.84 Å². The molecular formula is C10H13ClN2O4. The van der Waals surface area contributed by atoms with Crippen LogP contribution in [0.4, 0.5) is 0 Å². The van der Waals surface area contributed by atoms with Gasteiger partial charge in [-0.3, -0.25) is 10.2 Å². The molecule has 0 aliphatic heterocycles. The molecule has 6 N–H and O–H groups in total. The summed E-state index contributed by atoms with van der Waals surface area (Å²) in [5.41, 5.74) is 2.24. The number of hydrogen-bond donors (Lipinski definition) is 5. The zero-order valence-electron chi connectivity index (χ0n) is 8.75. The lowest BCUT2D eigenvalue weighted by molar-refractivity contribution is -0.120. The maximum Gasteiger partial charge on any atom is 0.237 e. The van der Waals surface area contributed by atoms with Crippen molar-refractivity contribution in [1.82, 2.24) is 5.43 Å². The van der Waals surface area contributed by atoms with Crippen LogP contribution in [-0.2, 0) is 4.79 Å². The molecule has 17 heavy (non-hydrogen) atoms. The number of hydrazine groups is 1. The number of carbonyl (C=O) groups excluding carboxylic acids is 1. The molecule has 0 heterocycles. The van der Waals surface area contributed by atoms with E-state index in [1.165, 1.54) is 24.3 Å². The van der Waals surface area contributed by atoms with E-state index in [-0.39, 0.29) is 24.7 Å². The summed E-state index contributed by atoms with van der Waals surface area (Å²) in [6.45, 7) is 0. The van der Waals surface area contributed by atoms with Crippen molar-refractivity contribution in [2.75, 3.05) is 0 Å². The minimum Gasteiger partial charge on any atom is -0.504 e. The Labute approximate surface area is 104 Å². The van der Waals surface area contributed by atoms with Crippen molar-refractivity contribution in [3.05, 3.63) is 23.8 Å². The van der Waals surface area contributed by atoms with Crippen LogP contribution in [0.2, 0.25) is 0 Å². The lowest BCUT2D eigenvalue weighted by atomic mass is 10.1. The van der Waals surface area contributed by atoms with Gasteiger partial charge in [-0.15, -0.1) is 12.4 Å². The standard InChI is InChI=1S/C10H12N2O4.ClH/c11-12-8(14)3-1-2-6-4-5-7(13)10(16)9(6)15;/h1-2,4-5,13,15-16H,3,11H2,(H,12,14);1H. The molecule has 0 fully saturated rings. The average Bonchev–Trinajstić information content (AvgIpc) is 2.29. The first-order valence-electron chi connectivity index (χ1n) is 4.46. The van der Waals surface area contributed by atoms with Crippen LogP contribution in [0.15, 0.2) is 18.2 Å². The van der Waals surface area contributed by atoms with Crippen molar-refractivity contribution in [3.8, 4) is 17.2 Å². The van der Waals surface area contributed by atoms with Gasteiger partial charge < -0.3 is 15.3 Å². The molecule has 0 aliphatic rings. The summed E-state index contributed by atoms with van der Waals surface area (Å²) in [6, 6.07) is 2.64. The molecule has 1 rings (SSSR count). The first-order chi connectivity index (χ1) is 7.56. The monoisotopic (exact) mass is 260 g/mol. The van der Waals surface area contributed by atoms with Crippen molar-refractivity contribution < 1.29 is 20.1 Å². The van der Waals surface area contributed by atoms with E-state index in [2.05, 4.69) is 0 Å². The van der Waals surface area contributed by atoms with Gasteiger partial charge in [-0.1, -0.05) is 12.2 Å². The topological polar surface area (TPSA) is 116 Å². The second-order valence-corrected chi connectivity index (χ2v) is 3.05. The van der Waals surface area contributed by atoms with E-state index < -0.39 is 17.2 Å². The molecule has 0 saturated carbocycles. The quantitative estimate of drug-likeness (QED) is 0.236. The Hall–Kier alpha value is -1.92. The Bertz CT molecular complexity index is 435. The number of carbonyl (C=O) groups is 1. The smallest absolute Gasteiger partial charge is 0.237 e. The van der Waals surface area contributed by atoms with E-state index in [1.807, 2.05) is 5.43 Å². The zero-order chi connectivity index (χ0) is 12.1. The van der Waals surface area contributed by atoms with Crippen LogP contribution >= 0.6 is 12.4 Å². The van der Waals surface area contributed by atoms with E-state index in [0.717, 1.165) is 0 Å². The summed E-state index contributed by atoms with van der Waals surface area (Å²) in [7, 11) is 0. The molecule has 0 unspecified atom stereocenters.